The van der Waals surface area contributed by atoms with Crippen LogP contribution in [0.25, 0.3) is 32.4 Å². The van der Waals surface area contributed by atoms with Gasteiger partial charge in [-0.05, 0) is 33.5 Å². The molecule has 1 saturated heterocycles. The molecule has 0 radical (unpaired) electrons. The molecule has 0 unspecified atom stereocenters. The quantitative estimate of drug-likeness (QED) is 0.104. The van der Waals surface area contributed by atoms with E-state index >= 15 is 0 Å². The number of rotatable bonds is 5. The van der Waals surface area contributed by atoms with Crippen LogP contribution in [0, 0.1) is 10.1 Å². The Hall–Kier alpha value is -4.97. The maximum absolute atomic E-state index is 13.0. The number of aromatic nitrogens is 2. The van der Waals surface area contributed by atoms with Gasteiger partial charge >= 0.3 is 11.3 Å². The van der Waals surface area contributed by atoms with Gasteiger partial charge in [0.05, 0.1) is 17.0 Å². The van der Waals surface area contributed by atoms with Crippen molar-refractivity contribution in [3.05, 3.63) is 72.9 Å². The van der Waals surface area contributed by atoms with Crippen molar-refractivity contribution < 1.29 is 18.8 Å². The van der Waals surface area contributed by atoms with Crippen LogP contribution in [-0.2, 0) is 11.2 Å². The third-order valence-electron chi connectivity index (χ3n) is 5.86. The number of hydrogen-bond acceptors (Lipinski definition) is 10. The summed E-state index contributed by atoms with van der Waals surface area (Å²) in [5.74, 6) is -0.160. The number of benzene rings is 2. The third-order valence-corrected chi connectivity index (χ3v) is 5.86. The largest absolute Gasteiger partial charge is 0.423 e. The van der Waals surface area contributed by atoms with Crippen LogP contribution < -0.4 is 10.5 Å². The Morgan fingerprint density at radius 1 is 1.14 bits per heavy atom. The molecule has 14 heteroatoms. The van der Waals surface area contributed by atoms with Gasteiger partial charge in [0.1, 0.15) is 5.58 Å². The summed E-state index contributed by atoms with van der Waals surface area (Å²) in [7, 11) is 0. The lowest BCUT2D eigenvalue weighted by atomic mass is 10.1. The van der Waals surface area contributed by atoms with Crippen molar-refractivity contribution in [2.24, 2.45) is 5.11 Å². The van der Waals surface area contributed by atoms with Crippen LogP contribution in [0.1, 0.15) is 5.56 Å². The van der Waals surface area contributed by atoms with E-state index in [1.165, 1.54) is 18.2 Å². The van der Waals surface area contributed by atoms with Gasteiger partial charge in [0.2, 0.25) is 11.4 Å². The van der Waals surface area contributed by atoms with Gasteiger partial charge < -0.3 is 14.2 Å². The number of nitro benzene ring substituents is 1. The maximum atomic E-state index is 13.0. The highest BCUT2D eigenvalue weighted by Gasteiger charge is 2.26. The highest BCUT2D eigenvalue weighted by atomic mass is 16.6. The number of fused-ring (bicyclic) bond motifs is 2. The van der Waals surface area contributed by atoms with E-state index in [4.69, 9.17) is 14.6 Å². The number of carbonyl (C=O) groups is 1. The summed E-state index contributed by atoms with van der Waals surface area (Å²) < 4.78 is 9.93. The average Bonchev–Trinajstić information content (AvgIpc) is 3.33. The van der Waals surface area contributed by atoms with Gasteiger partial charge in [-0.25, -0.2) is 9.42 Å². The highest BCUT2D eigenvalue weighted by Crippen LogP contribution is 2.32. The average molecular weight is 476 g/mol. The van der Waals surface area contributed by atoms with Crippen molar-refractivity contribution in [3.8, 4) is 0 Å². The van der Waals surface area contributed by atoms with Crippen LogP contribution in [0.3, 0.4) is 0 Å². The van der Waals surface area contributed by atoms with Gasteiger partial charge in [0.15, 0.2) is 5.52 Å². The van der Waals surface area contributed by atoms with Crippen LogP contribution in [0.5, 0.6) is 0 Å². The van der Waals surface area contributed by atoms with Crippen molar-refractivity contribution in [1.29, 1.82) is 0 Å². The van der Waals surface area contributed by atoms with E-state index in [1.54, 1.807) is 23.1 Å². The molecular formula is C21H16N8O6. The molecule has 0 bridgehead atoms. The molecule has 1 amide bonds. The molecule has 1 aliphatic rings. The first-order chi connectivity index (χ1) is 16.9. The monoisotopic (exact) mass is 476 g/mol. The van der Waals surface area contributed by atoms with Gasteiger partial charge in [0, 0.05) is 54.3 Å². The molecule has 5 rings (SSSR count). The van der Waals surface area contributed by atoms with E-state index in [-0.39, 0.29) is 29.1 Å². The minimum atomic E-state index is -0.605. The standard InChI is InChI=1S/C21H16N8O6/c22-26-23-13-1-2-14-12(10-19(31)34-17(14)11-13)9-18(30)28-7-5-27(6-8-28)15-3-4-16(29(32)33)21-20(15)24-35-25-21/h1-4,10-11H,5-9H2. The number of non-ortho nitro benzene ring substituents is 1. The van der Waals surface area contributed by atoms with E-state index in [9.17, 15) is 19.7 Å². The minimum Gasteiger partial charge on any atom is -0.423 e. The highest BCUT2D eigenvalue weighted by molar-refractivity contribution is 5.94. The number of amides is 1. The molecule has 2 aromatic heterocycles. The zero-order chi connectivity index (χ0) is 24.5. The molecule has 0 atom stereocenters. The van der Waals surface area contributed by atoms with Crippen molar-refractivity contribution in [2.75, 3.05) is 31.1 Å². The van der Waals surface area contributed by atoms with Gasteiger partial charge in [-0.1, -0.05) is 17.2 Å². The summed E-state index contributed by atoms with van der Waals surface area (Å²) in [6.07, 6.45) is -0.00204. The Labute approximate surface area is 195 Å². The summed E-state index contributed by atoms with van der Waals surface area (Å²) in [4.78, 5) is 42.1. The van der Waals surface area contributed by atoms with Crippen LogP contribution in [0.2, 0.25) is 0 Å². The lowest BCUT2D eigenvalue weighted by molar-refractivity contribution is -0.383. The van der Waals surface area contributed by atoms with Crippen LogP contribution in [0.4, 0.5) is 17.1 Å². The van der Waals surface area contributed by atoms with E-state index in [1.807, 2.05) is 4.90 Å². The smallest absolute Gasteiger partial charge is 0.336 e. The molecule has 4 aromatic rings. The number of nitro groups is 1. The molecule has 2 aromatic carbocycles. The van der Waals surface area contributed by atoms with E-state index in [2.05, 4.69) is 20.3 Å². The van der Waals surface area contributed by atoms with Gasteiger partial charge in [-0.15, -0.1) is 0 Å². The van der Waals surface area contributed by atoms with Crippen LogP contribution in [0.15, 0.2) is 55.4 Å². The Bertz CT molecular complexity index is 1580. The molecule has 0 spiro atoms. The summed E-state index contributed by atoms with van der Waals surface area (Å²) >= 11 is 0. The predicted molar refractivity (Wildman–Crippen MR) is 122 cm³/mol. The second-order valence-electron chi connectivity index (χ2n) is 7.83. The Morgan fingerprint density at radius 3 is 2.66 bits per heavy atom. The molecule has 35 heavy (non-hydrogen) atoms. The van der Waals surface area contributed by atoms with Crippen molar-refractivity contribution in [2.45, 2.75) is 6.42 Å². The fraction of sp³-hybridized carbons (Fsp3) is 0.238. The summed E-state index contributed by atoms with van der Waals surface area (Å²) in [6.45, 7) is 1.75. The molecule has 14 nitrogen and oxygen atoms in total. The molecule has 3 heterocycles. The van der Waals surface area contributed by atoms with Gasteiger partial charge in [0.25, 0.3) is 0 Å². The fourth-order valence-corrected chi connectivity index (χ4v) is 4.19. The zero-order valence-corrected chi connectivity index (χ0v) is 18.0. The van der Waals surface area contributed by atoms with Crippen LogP contribution in [-0.4, -0.2) is 52.2 Å². The summed E-state index contributed by atoms with van der Waals surface area (Å²) in [6, 6.07) is 8.93. The second kappa shape index (κ2) is 8.76. The number of piperazine rings is 1. The lowest BCUT2D eigenvalue weighted by Gasteiger charge is -2.36. The first kappa shape index (κ1) is 21.9. The lowest BCUT2D eigenvalue weighted by Crippen LogP contribution is -2.49. The Morgan fingerprint density at radius 2 is 1.91 bits per heavy atom. The molecular weight excluding hydrogens is 460 g/mol. The number of hydrogen-bond donors (Lipinski definition) is 0. The molecule has 0 aliphatic carbocycles. The summed E-state index contributed by atoms with van der Waals surface area (Å²) in [5.41, 5.74) is 9.86. The normalized spacial score (nSPS) is 13.7. The molecule has 0 saturated carbocycles. The van der Waals surface area contributed by atoms with E-state index in [0.717, 1.165) is 0 Å². The predicted octanol–water partition coefficient (Wildman–Crippen LogP) is 3.07. The van der Waals surface area contributed by atoms with Crippen LogP contribution >= 0.6 is 0 Å². The topological polar surface area (TPSA) is 185 Å². The Kier molecular flexibility index (Phi) is 5.47. The molecule has 176 valence electrons. The number of carbonyl (C=O) groups excluding carboxylic acids is 1. The third kappa shape index (κ3) is 4.09. The van der Waals surface area contributed by atoms with Crippen molar-refractivity contribution in [1.82, 2.24) is 15.2 Å². The number of nitrogens with zero attached hydrogens (tertiary/aromatic N) is 8. The maximum Gasteiger partial charge on any atom is 0.336 e. The SMILES string of the molecule is [N-]=[N+]=Nc1ccc2c(CC(=O)N3CCN(c4ccc([N+](=O)[O-])c5nonc45)CC3)cc(=O)oc2c1. The fourth-order valence-electron chi connectivity index (χ4n) is 4.19. The zero-order valence-electron chi connectivity index (χ0n) is 18.0. The van der Waals surface area contributed by atoms with E-state index < -0.39 is 10.5 Å². The second-order valence-corrected chi connectivity index (χ2v) is 7.83. The first-order valence-electron chi connectivity index (χ1n) is 10.5. The minimum absolute atomic E-state index is 0.00204. The molecule has 0 N–H and O–H groups in total. The summed E-state index contributed by atoms with van der Waals surface area (Å²) in [5, 5.41) is 22.8. The number of anilines is 1. The Balaban J connectivity index is 1.32. The molecule has 1 fully saturated rings. The first-order valence-corrected chi connectivity index (χ1v) is 10.5. The van der Waals surface area contributed by atoms with Gasteiger partial charge in [-0.2, -0.15) is 0 Å². The van der Waals surface area contributed by atoms with Crippen molar-refractivity contribution >= 4 is 45.0 Å². The number of azide groups is 1. The van der Waals surface area contributed by atoms with E-state index in [0.29, 0.717) is 54.0 Å². The van der Waals surface area contributed by atoms with Crippen molar-refractivity contribution in [3.63, 3.8) is 0 Å². The van der Waals surface area contributed by atoms with Gasteiger partial charge in [-0.3, -0.25) is 14.9 Å². The molecule has 1 aliphatic heterocycles.